The number of hydrogen-bond acceptors (Lipinski definition) is 10. The molecule has 0 saturated carbocycles. The first-order valence-electron chi connectivity index (χ1n) is 10.9. The third-order valence-electron chi connectivity index (χ3n) is 5.67. The molecule has 1 saturated heterocycles. The Morgan fingerprint density at radius 2 is 2.06 bits per heavy atom. The average Bonchev–Trinajstić information content (AvgIpc) is 3.38. The van der Waals surface area contributed by atoms with Crippen LogP contribution in [-0.2, 0) is 23.4 Å². The average molecular weight is 543 g/mol. The quantitative estimate of drug-likeness (QED) is 0.234. The molecule has 3 N–H and O–H groups in total. The maximum atomic E-state index is 15.1. The van der Waals surface area contributed by atoms with Crippen molar-refractivity contribution in [3.05, 3.63) is 47.9 Å². The second kappa shape index (κ2) is 10.7. The van der Waals surface area contributed by atoms with Crippen LogP contribution >= 0.6 is 19.2 Å². The van der Waals surface area contributed by atoms with E-state index in [2.05, 4.69) is 9.97 Å². The van der Waals surface area contributed by atoms with Crippen molar-refractivity contribution in [2.75, 3.05) is 25.6 Å². The van der Waals surface area contributed by atoms with Crippen LogP contribution in [0.15, 0.2) is 42.6 Å². The summed E-state index contributed by atoms with van der Waals surface area (Å²) in [5, 5.41) is 10.8. The summed E-state index contributed by atoms with van der Waals surface area (Å²) >= 11 is 5.90. The molecule has 3 aromatic rings. The summed E-state index contributed by atoms with van der Waals surface area (Å²) in [5.41, 5.74) is 6.08. The number of nitrogens with two attached hydrogens (primary N) is 1. The lowest BCUT2D eigenvalue weighted by Gasteiger charge is -2.23. The predicted molar refractivity (Wildman–Crippen MR) is 128 cm³/mol. The number of nitrogens with zero attached hydrogens (tertiary/aromatic N) is 3. The molecule has 4 rings (SSSR count). The van der Waals surface area contributed by atoms with Gasteiger partial charge < -0.3 is 29.4 Å². The Kier molecular flexibility index (Phi) is 7.82. The zero-order chi connectivity index (χ0) is 26.0. The zero-order valence-corrected chi connectivity index (χ0v) is 21.0. The summed E-state index contributed by atoms with van der Waals surface area (Å²) in [7, 11) is -2.76. The lowest BCUT2D eigenvalue weighted by Crippen LogP contribution is -2.32. The van der Waals surface area contributed by atoms with Crippen LogP contribution in [-0.4, -0.2) is 63.9 Å². The van der Waals surface area contributed by atoms with E-state index < -0.39 is 50.7 Å². The van der Waals surface area contributed by atoms with Crippen LogP contribution in [0.2, 0.25) is 5.28 Å². The molecule has 3 heterocycles. The lowest BCUT2D eigenvalue weighted by molar-refractivity contribution is -0.144. The Morgan fingerprint density at radius 1 is 1.33 bits per heavy atom. The van der Waals surface area contributed by atoms with Crippen molar-refractivity contribution in [1.29, 1.82) is 0 Å². The normalized spacial score (nSPS) is 24.4. The number of ether oxygens (including phenoxy) is 2. The van der Waals surface area contributed by atoms with Gasteiger partial charge in [0.05, 0.1) is 31.2 Å². The highest BCUT2D eigenvalue weighted by Crippen LogP contribution is 2.51. The molecule has 194 valence electrons. The molecule has 14 heteroatoms. The molecule has 3 unspecified atom stereocenters. The fourth-order valence-electron chi connectivity index (χ4n) is 3.86. The Balaban J connectivity index is 1.52. The number of para-hydroxylation sites is 1. The molecule has 2 aromatic heterocycles. The van der Waals surface area contributed by atoms with Crippen molar-refractivity contribution in [3.8, 4) is 5.75 Å². The van der Waals surface area contributed by atoms with E-state index in [9.17, 15) is 14.5 Å². The Labute approximate surface area is 210 Å². The summed E-state index contributed by atoms with van der Waals surface area (Å²) in [6, 6.07) is 9.82. The van der Waals surface area contributed by atoms with Crippen molar-refractivity contribution in [2.24, 2.45) is 5.92 Å². The number of aromatic nitrogens is 3. The fourth-order valence-corrected chi connectivity index (χ4v) is 5.90. The molecule has 0 aliphatic carbocycles. The molecule has 0 spiro atoms. The van der Waals surface area contributed by atoms with Gasteiger partial charge in [-0.25, -0.2) is 13.9 Å². The Bertz CT molecular complexity index is 1280. The molecule has 1 fully saturated rings. The molecule has 1 aliphatic heterocycles. The highest BCUT2D eigenvalue weighted by Gasteiger charge is 2.47. The minimum atomic E-state index is -3.97. The summed E-state index contributed by atoms with van der Waals surface area (Å²) < 4.78 is 51.7. The van der Waals surface area contributed by atoms with E-state index in [1.807, 2.05) is 0 Å². The number of carbonyl (C=O) groups is 1. The van der Waals surface area contributed by atoms with Crippen LogP contribution in [0.3, 0.4) is 0 Å². The highest BCUT2D eigenvalue weighted by molar-refractivity contribution is 7.54. The zero-order valence-electron chi connectivity index (χ0n) is 19.4. The van der Waals surface area contributed by atoms with Crippen LogP contribution in [0.1, 0.15) is 13.2 Å². The van der Waals surface area contributed by atoms with Crippen LogP contribution < -0.4 is 10.3 Å². The van der Waals surface area contributed by atoms with Crippen LogP contribution in [0.25, 0.3) is 11.0 Å². The third kappa shape index (κ3) is 5.47. The predicted octanol–water partition coefficient (Wildman–Crippen LogP) is 3.36. The number of carbonyl (C=O) groups excluding carboxylic acids is 1. The first-order chi connectivity index (χ1) is 17.1. The van der Waals surface area contributed by atoms with Gasteiger partial charge in [-0.05, 0) is 29.8 Å². The number of halogens is 2. The second-order valence-corrected chi connectivity index (χ2v) is 10.6. The molecular formula is C22H25ClFN4O7P. The number of rotatable bonds is 9. The fraction of sp³-hybridized carbons (Fsp3) is 0.409. The minimum Gasteiger partial charge on any atom is -0.469 e. The van der Waals surface area contributed by atoms with E-state index in [-0.39, 0.29) is 28.7 Å². The number of aliphatic hydroxyl groups excluding tert-OH is 1. The number of alkyl halides is 1. The van der Waals surface area contributed by atoms with Crippen LogP contribution in [0.5, 0.6) is 5.75 Å². The Hall–Kier alpha value is -2.76. The number of anilines is 1. The molecular weight excluding hydrogens is 518 g/mol. The van der Waals surface area contributed by atoms with E-state index in [0.717, 1.165) is 0 Å². The van der Waals surface area contributed by atoms with Gasteiger partial charge in [0, 0.05) is 6.20 Å². The maximum Gasteiger partial charge on any atom is 0.380 e. The van der Waals surface area contributed by atoms with Crippen molar-refractivity contribution in [2.45, 2.75) is 31.5 Å². The molecule has 0 amide bonds. The largest absolute Gasteiger partial charge is 0.469 e. The van der Waals surface area contributed by atoms with Gasteiger partial charge in [0.15, 0.2) is 12.4 Å². The van der Waals surface area contributed by atoms with Gasteiger partial charge in [-0.15, -0.1) is 0 Å². The third-order valence-corrected chi connectivity index (χ3v) is 7.86. The Morgan fingerprint density at radius 3 is 2.75 bits per heavy atom. The first kappa shape index (κ1) is 26.3. The van der Waals surface area contributed by atoms with Crippen LogP contribution in [0.4, 0.5) is 10.2 Å². The van der Waals surface area contributed by atoms with E-state index in [1.165, 1.54) is 24.8 Å². The SMILES string of the molecule is COC(=O)C(C)CP(=O)(OC[C@H]1O[C@@H](n2ccc3c(N)nc(Cl)nc32)[C@H](F)C1O)Oc1ccccc1. The van der Waals surface area contributed by atoms with Crippen molar-refractivity contribution >= 4 is 42.0 Å². The van der Waals surface area contributed by atoms with E-state index in [1.54, 1.807) is 36.4 Å². The van der Waals surface area contributed by atoms with Crippen molar-refractivity contribution in [1.82, 2.24) is 14.5 Å². The number of benzene rings is 1. The van der Waals surface area contributed by atoms with Crippen molar-refractivity contribution < 1.29 is 37.4 Å². The van der Waals surface area contributed by atoms with E-state index in [4.69, 9.17) is 35.9 Å². The van der Waals surface area contributed by atoms with Gasteiger partial charge in [0.1, 0.15) is 29.4 Å². The van der Waals surface area contributed by atoms with Gasteiger partial charge in [0.25, 0.3) is 0 Å². The molecule has 11 nitrogen and oxygen atoms in total. The number of methoxy groups -OCH3 is 1. The number of fused-ring (bicyclic) bond motifs is 1. The lowest BCUT2D eigenvalue weighted by atomic mass is 10.1. The van der Waals surface area contributed by atoms with Gasteiger partial charge in [-0.2, -0.15) is 4.98 Å². The summed E-state index contributed by atoms with van der Waals surface area (Å²) in [6.45, 7) is 1.04. The first-order valence-corrected chi connectivity index (χ1v) is 13.1. The molecule has 1 aromatic carbocycles. The number of esters is 1. The summed E-state index contributed by atoms with van der Waals surface area (Å²) in [6.07, 6.45) is -4.83. The monoisotopic (exact) mass is 542 g/mol. The van der Waals surface area contributed by atoms with Crippen LogP contribution in [0, 0.1) is 5.92 Å². The van der Waals surface area contributed by atoms with E-state index >= 15 is 4.39 Å². The highest BCUT2D eigenvalue weighted by atomic mass is 35.5. The molecule has 0 radical (unpaired) electrons. The van der Waals surface area contributed by atoms with Gasteiger partial charge >= 0.3 is 13.6 Å². The minimum absolute atomic E-state index is 0.108. The molecule has 0 bridgehead atoms. The summed E-state index contributed by atoms with van der Waals surface area (Å²) in [5.74, 6) is -1.06. The van der Waals surface area contributed by atoms with Gasteiger partial charge in [-0.3, -0.25) is 9.32 Å². The standard InChI is InChI=1S/C22H25ClFN4O7P/c1-12(21(30)32-2)11-36(31,35-13-6-4-3-5-7-13)33-10-15-17(29)16(24)20(34-15)28-9-8-14-18(25)26-22(23)27-19(14)28/h3-9,12,15-17,20,29H,10-11H2,1-2H3,(H2,25,26,27)/t12?,15-,16-,17?,20-,36?/m1/s1. The van der Waals surface area contributed by atoms with Crippen molar-refractivity contribution in [3.63, 3.8) is 0 Å². The summed E-state index contributed by atoms with van der Waals surface area (Å²) in [4.78, 5) is 19.9. The number of nitrogen functional groups attached to an aromatic ring is 1. The molecule has 36 heavy (non-hydrogen) atoms. The maximum absolute atomic E-state index is 15.1. The smallest absolute Gasteiger partial charge is 0.380 e. The second-order valence-electron chi connectivity index (χ2n) is 8.26. The molecule has 1 aliphatic rings. The van der Waals surface area contributed by atoms with E-state index in [0.29, 0.717) is 5.39 Å². The van der Waals surface area contributed by atoms with Gasteiger partial charge in [0.2, 0.25) is 5.28 Å². The number of aliphatic hydroxyl groups is 1. The van der Waals surface area contributed by atoms with Gasteiger partial charge in [-0.1, -0.05) is 25.1 Å². The topological polar surface area (TPSA) is 148 Å². The molecule has 6 atom stereocenters. The number of hydrogen-bond donors (Lipinski definition) is 2.